The Hall–Kier alpha value is -1.40. The first-order valence-electron chi connectivity index (χ1n) is 3.82. The third-order valence-corrected chi connectivity index (χ3v) is 1.87. The summed E-state index contributed by atoms with van der Waals surface area (Å²) < 4.78 is 60.9. The largest absolute Gasteiger partial charge is 0.431 e. The van der Waals surface area contributed by atoms with E-state index in [9.17, 15) is 26.7 Å². The highest BCUT2D eigenvalue weighted by Crippen LogP contribution is 2.29. The first-order valence-corrected chi connectivity index (χ1v) is 3.82. The van der Waals surface area contributed by atoms with Crippen LogP contribution in [0.3, 0.4) is 0 Å². The van der Waals surface area contributed by atoms with Gasteiger partial charge in [-0.2, -0.15) is 13.2 Å². The average Bonchev–Trinajstić information content (AvgIpc) is 2.06. The summed E-state index contributed by atoms with van der Waals surface area (Å²) in [5.74, 6) is 0. The molecule has 1 heterocycles. The minimum absolute atomic E-state index is 0.392. The van der Waals surface area contributed by atoms with Crippen LogP contribution in [0.2, 0.25) is 0 Å². The standard InChI is InChI=1S/C8H6F5NO/c1-3-5(15)4(7(9)10)2-14-6(3)8(11,12)13/h2,7H,1H3,(H,14,15). The van der Waals surface area contributed by atoms with Gasteiger partial charge in [0, 0.05) is 11.8 Å². The summed E-state index contributed by atoms with van der Waals surface area (Å²) in [6, 6.07) is 0. The zero-order chi connectivity index (χ0) is 11.8. The maximum Gasteiger partial charge on any atom is 0.431 e. The van der Waals surface area contributed by atoms with Gasteiger partial charge in [0.15, 0.2) is 5.43 Å². The van der Waals surface area contributed by atoms with E-state index < -0.39 is 34.9 Å². The number of aromatic nitrogens is 1. The molecular weight excluding hydrogens is 221 g/mol. The van der Waals surface area contributed by atoms with E-state index in [0.717, 1.165) is 6.92 Å². The van der Waals surface area contributed by atoms with Gasteiger partial charge < -0.3 is 4.98 Å². The summed E-state index contributed by atoms with van der Waals surface area (Å²) in [5.41, 5.74) is -4.28. The molecule has 0 unspecified atom stereocenters. The zero-order valence-corrected chi connectivity index (χ0v) is 7.45. The van der Waals surface area contributed by atoms with E-state index >= 15 is 0 Å². The number of halogens is 5. The van der Waals surface area contributed by atoms with Crippen LogP contribution in [-0.2, 0) is 6.18 Å². The fourth-order valence-electron chi connectivity index (χ4n) is 1.11. The Morgan fingerprint density at radius 2 is 1.87 bits per heavy atom. The Morgan fingerprint density at radius 1 is 1.33 bits per heavy atom. The maximum absolute atomic E-state index is 12.2. The van der Waals surface area contributed by atoms with E-state index in [2.05, 4.69) is 0 Å². The number of nitrogens with one attached hydrogen (secondary N) is 1. The van der Waals surface area contributed by atoms with Gasteiger partial charge in [-0.25, -0.2) is 8.78 Å². The molecule has 0 aliphatic heterocycles. The number of hydrogen-bond acceptors (Lipinski definition) is 1. The van der Waals surface area contributed by atoms with Crippen LogP contribution < -0.4 is 5.43 Å². The molecule has 0 spiro atoms. The van der Waals surface area contributed by atoms with E-state index in [4.69, 9.17) is 0 Å². The topological polar surface area (TPSA) is 32.9 Å². The zero-order valence-electron chi connectivity index (χ0n) is 7.45. The number of alkyl halides is 5. The van der Waals surface area contributed by atoms with Gasteiger partial charge in [0.05, 0.1) is 5.56 Å². The second-order valence-electron chi connectivity index (χ2n) is 2.87. The van der Waals surface area contributed by atoms with Gasteiger partial charge in [-0.15, -0.1) is 0 Å². The molecule has 2 nitrogen and oxygen atoms in total. The molecule has 84 valence electrons. The molecule has 0 saturated heterocycles. The summed E-state index contributed by atoms with van der Waals surface area (Å²) in [5, 5.41) is 0. The van der Waals surface area contributed by atoms with Crippen molar-refractivity contribution < 1.29 is 22.0 Å². The molecule has 15 heavy (non-hydrogen) atoms. The summed E-state index contributed by atoms with van der Waals surface area (Å²) in [6.07, 6.45) is -7.44. The highest BCUT2D eigenvalue weighted by molar-refractivity contribution is 5.26. The van der Waals surface area contributed by atoms with E-state index in [1.54, 1.807) is 4.98 Å². The maximum atomic E-state index is 12.2. The number of hydrogen-bond donors (Lipinski definition) is 1. The monoisotopic (exact) mass is 227 g/mol. The lowest BCUT2D eigenvalue weighted by Crippen LogP contribution is -2.21. The number of H-pyrrole nitrogens is 1. The highest BCUT2D eigenvalue weighted by Gasteiger charge is 2.35. The molecule has 0 amide bonds. The van der Waals surface area contributed by atoms with Crippen molar-refractivity contribution in [3.05, 3.63) is 33.2 Å². The van der Waals surface area contributed by atoms with Gasteiger partial charge in [0.2, 0.25) is 0 Å². The molecule has 0 radical (unpaired) electrons. The third-order valence-electron chi connectivity index (χ3n) is 1.87. The number of pyridine rings is 1. The van der Waals surface area contributed by atoms with Crippen molar-refractivity contribution in [2.45, 2.75) is 19.5 Å². The Bertz CT molecular complexity index is 420. The number of rotatable bonds is 1. The molecule has 1 aromatic heterocycles. The summed E-state index contributed by atoms with van der Waals surface area (Å²) in [4.78, 5) is 12.7. The molecule has 1 rings (SSSR count). The molecule has 1 aromatic rings. The first-order chi connectivity index (χ1) is 6.75. The average molecular weight is 227 g/mol. The molecule has 7 heteroatoms. The Kier molecular flexibility index (Phi) is 2.83. The Morgan fingerprint density at radius 3 is 2.27 bits per heavy atom. The SMILES string of the molecule is Cc1c(C(F)(F)F)[nH]cc(C(F)F)c1=O. The van der Waals surface area contributed by atoms with E-state index in [1.165, 1.54) is 0 Å². The molecule has 0 aliphatic carbocycles. The summed E-state index contributed by atoms with van der Waals surface area (Å²) in [7, 11) is 0. The van der Waals surface area contributed by atoms with Crippen molar-refractivity contribution in [3.63, 3.8) is 0 Å². The lowest BCUT2D eigenvalue weighted by Gasteiger charge is -2.10. The Balaban J connectivity index is 3.42. The van der Waals surface area contributed by atoms with Crippen molar-refractivity contribution in [2.75, 3.05) is 0 Å². The predicted molar refractivity (Wildman–Crippen MR) is 41.8 cm³/mol. The van der Waals surface area contributed by atoms with E-state index in [-0.39, 0.29) is 0 Å². The van der Waals surface area contributed by atoms with Crippen molar-refractivity contribution >= 4 is 0 Å². The van der Waals surface area contributed by atoms with Crippen LogP contribution in [0.4, 0.5) is 22.0 Å². The van der Waals surface area contributed by atoms with Crippen molar-refractivity contribution in [1.29, 1.82) is 0 Å². The molecule has 1 N–H and O–H groups in total. The van der Waals surface area contributed by atoms with Gasteiger partial charge in [-0.05, 0) is 6.92 Å². The van der Waals surface area contributed by atoms with Gasteiger partial charge in [0.25, 0.3) is 6.43 Å². The summed E-state index contributed by atoms with van der Waals surface area (Å²) >= 11 is 0. The molecule has 0 bridgehead atoms. The van der Waals surface area contributed by atoms with E-state index in [1.807, 2.05) is 0 Å². The fourth-order valence-corrected chi connectivity index (χ4v) is 1.11. The molecular formula is C8H6F5NO. The summed E-state index contributed by atoms with van der Waals surface area (Å²) in [6.45, 7) is 0.855. The first kappa shape index (κ1) is 11.7. The van der Waals surface area contributed by atoms with E-state index in [0.29, 0.717) is 6.20 Å². The van der Waals surface area contributed by atoms with Crippen LogP contribution >= 0.6 is 0 Å². The fraction of sp³-hybridized carbons (Fsp3) is 0.375. The minimum Gasteiger partial charge on any atom is -0.357 e. The van der Waals surface area contributed by atoms with Crippen LogP contribution in [0.15, 0.2) is 11.0 Å². The Labute approximate surface area is 80.7 Å². The lowest BCUT2D eigenvalue weighted by molar-refractivity contribution is -0.141. The van der Waals surface area contributed by atoms with Crippen molar-refractivity contribution in [1.82, 2.24) is 4.98 Å². The third kappa shape index (κ3) is 2.16. The molecule has 0 fully saturated rings. The predicted octanol–water partition coefficient (Wildman–Crippen LogP) is 2.64. The van der Waals surface area contributed by atoms with Crippen LogP contribution in [0, 0.1) is 6.92 Å². The van der Waals surface area contributed by atoms with Crippen molar-refractivity contribution in [2.24, 2.45) is 0 Å². The second-order valence-corrected chi connectivity index (χ2v) is 2.87. The molecule has 0 aromatic carbocycles. The second kappa shape index (κ2) is 3.63. The smallest absolute Gasteiger partial charge is 0.357 e. The van der Waals surface area contributed by atoms with Crippen LogP contribution in [0.1, 0.15) is 23.2 Å². The molecule has 0 atom stereocenters. The molecule has 0 aliphatic rings. The van der Waals surface area contributed by atoms with Gasteiger partial charge in [-0.3, -0.25) is 4.79 Å². The minimum atomic E-state index is -4.75. The van der Waals surface area contributed by atoms with Crippen LogP contribution in [-0.4, -0.2) is 4.98 Å². The highest BCUT2D eigenvalue weighted by atomic mass is 19.4. The lowest BCUT2D eigenvalue weighted by atomic mass is 10.1. The number of aromatic amines is 1. The van der Waals surface area contributed by atoms with Gasteiger partial charge in [-0.1, -0.05) is 0 Å². The van der Waals surface area contributed by atoms with Crippen LogP contribution in [0.5, 0.6) is 0 Å². The van der Waals surface area contributed by atoms with Crippen molar-refractivity contribution in [3.8, 4) is 0 Å². The van der Waals surface area contributed by atoms with Gasteiger partial charge >= 0.3 is 6.18 Å². The molecule has 0 saturated carbocycles. The normalized spacial score (nSPS) is 12.2. The quantitative estimate of drug-likeness (QED) is 0.735. The van der Waals surface area contributed by atoms with Crippen LogP contribution in [0.25, 0.3) is 0 Å². The van der Waals surface area contributed by atoms with Gasteiger partial charge in [0.1, 0.15) is 5.69 Å².